The van der Waals surface area contributed by atoms with Gasteiger partial charge in [-0.05, 0) is 55.2 Å². The number of alkyl halides is 3. The van der Waals surface area contributed by atoms with Crippen LogP contribution in [0.3, 0.4) is 0 Å². The molecule has 0 aliphatic heterocycles. The second-order valence-electron chi connectivity index (χ2n) is 6.43. The minimum Gasteiger partial charge on any atom is -0.406 e. The smallest absolute Gasteiger partial charge is 0.406 e. The maximum atomic E-state index is 12.1. The Hall–Kier alpha value is -1.23. The van der Waals surface area contributed by atoms with E-state index < -0.39 is 6.36 Å². The number of nitrogens with two attached hydrogens (primary N) is 1. The van der Waals surface area contributed by atoms with Crippen molar-refractivity contribution < 1.29 is 17.9 Å². The second-order valence-corrected chi connectivity index (χ2v) is 6.43. The lowest BCUT2D eigenvalue weighted by molar-refractivity contribution is -0.274. The Balaban J connectivity index is 2.00. The van der Waals surface area contributed by atoms with Gasteiger partial charge in [-0.25, -0.2) is 0 Å². The Bertz CT molecular complexity index is 471. The molecule has 118 valence electrons. The summed E-state index contributed by atoms with van der Waals surface area (Å²) < 4.78 is 40.2. The summed E-state index contributed by atoms with van der Waals surface area (Å²) >= 11 is 0. The Morgan fingerprint density at radius 1 is 1.19 bits per heavy atom. The van der Waals surface area contributed by atoms with E-state index in [0.717, 1.165) is 24.8 Å². The summed E-state index contributed by atoms with van der Waals surface area (Å²) in [5.41, 5.74) is 7.17. The number of hydrogen-bond donors (Lipinski definition) is 1. The third-order valence-electron chi connectivity index (χ3n) is 4.51. The first kappa shape index (κ1) is 16.1. The van der Waals surface area contributed by atoms with Crippen LogP contribution in [-0.4, -0.2) is 11.9 Å². The van der Waals surface area contributed by atoms with Crippen LogP contribution >= 0.6 is 0 Å². The predicted octanol–water partition coefficient (Wildman–Crippen LogP) is 4.28. The molecule has 3 atom stereocenters. The molecule has 2 N–H and O–H groups in total. The quantitative estimate of drug-likeness (QED) is 0.904. The Morgan fingerprint density at radius 3 is 2.33 bits per heavy atom. The molecule has 0 amide bonds. The van der Waals surface area contributed by atoms with Gasteiger partial charge in [-0.1, -0.05) is 26.0 Å². The fourth-order valence-electron chi connectivity index (χ4n) is 3.12. The standard InChI is InChI=1S/C16H22F3NO/c1-11-7-8-15(20,9-12(11)2)10-13-3-5-14(6-4-13)21-16(17,18)19/h3-6,11-12H,7-10,20H2,1-2H3. The van der Waals surface area contributed by atoms with Crippen LogP contribution in [0.5, 0.6) is 5.75 Å². The van der Waals surface area contributed by atoms with Crippen molar-refractivity contribution in [2.24, 2.45) is 17.6 Å². The molecule has 3 unspecified atom stereocenters. The van der Waals surface area contributed by atoms with Crippen LogP contribution in [0.4, 0.5) is 13.2 Å². The lowest BCUT2D eigenvalue weighted by Gasteiger charge is -2.40. The second kappa shape index (κ2) is 5.87. The summed E-state index contributed by atoms with van der Waals surface area (Å²) in [7, 11) is 0. The Kier molecular flexibility index (Phi) is 4.51. The highest BCUT2D eigenvalue weighted by Gasteiger charge is 2.34. The number of ether oxygens (including phenoxy) is 1. The molecule has 2 nitrogen and oxygen atoms in total. The van der Waals surface area contributed by atoms with E-state index in [4.69, 9.17) is 5.73 Å². The largest absolute Gasteiger partial charge is 0.573 e. The van der Waals surface area contributed by atoms with Crippen molar-refractivity contribution in [2.75, 3.05) is 0 Å². The molecular weight excluding hydrogens is 279 g/mol. The van der Waals surface area contributed by atoms with Gasteiger partial charge >= 0.3 is 6.36 Å². The molecule has 5 heteroatoms. The number of rotatable bonds is 3. The van der Waals surface area contributed by atoms with Gasteiger partial charge < -0.3 is 10.5 Å². The van der Waals surface area contributed by atoms with E-state index >= 15 is 0 Å². The number of benzene rings is 1. The van der Waals surface area contributed by atoms with E-state index in [1.165, 1.54) is 12.1 Å². The molecule has 1 aromatic rings. The number of halogens is 3. The molecule has 1 fully saturated rings. The van der Waals surface area contributed by atoms with Gasteiger partial charge in [-0.15, -0.1) is 13.2 Å². The fourth-order valence-corrected chi connectivity index (χ4v) is 3.12. The molecule has 0 aromatic heterocycles. The molecule has 0 saturated heterocycles. The molecule has 0 heterocycles. The SMILES string of the molecule is CC1CCC(N)(Cc2ccc(OC(F)(F)F)cc2)CC1C. The summed E-state index contributed by atoms with van der Waals surface area (Å²) in [5, 5.41) is 0. The third-order valence-corrected chi connectivity index (χ3v) is 4.51. The first-order valence-electron chi connectivity index (χ1n) is 7.30. The summed E-state index contributed by atoms with van der Waals surface area (Å²) in [6.45, 7) is 4.46. The van der Waals surface area contributed by atoms with Gasteiger partial charge in [0.1, 0.15) is 5.75 Å². The van der Waals surface area contributed by atoms with Crippen molar-refractivity contribution in [3.63, 3.8) is 0 Å². The summed E-state index contributed by atoms with van der Waals surface area (Å²) in [4.78, 5) is 0. The monoisotopic (exact) mass is 301 g/mol. The zero-order chi connectivity index (χ0) is 15.7. The van der Waals surface area contributed by atoms with E-state index in [0.29, 0.717) is 18.3 Å². The Labute approximate surface area is 123 Å². The van der Waals surface area contributed by atoms with Gasteiger partial charge in [0, 0.05) is 5.54 Å². The summed E-state index contributed by atoms with van der Waals surface area (Å²) in [6, 6.07) is 6.03. The highest BCUT2D eigenvalue weighted by Crippen LogP contribution is 2.36. The molecule has 1 aromatic carbocycles. The minimum atomic E-state index is -4.65. The van der Waals surface area contributed by atoms with E-state index in [1.807, 2.05) is 0 Å². The van der Waals surface area contributed by atoms with Crippen LogP contribution in [0.25, 0.3) is 0 Å². The topological polar surface area (TPSA) is 35.2 Å². The van der Waals surface area contributed by atoms with Gasteiger partial charge in [0.2, 0.25) is 0 Å². The van der Waals surface area contributed by atoms with Gasteiger partial charge in [0.05, 0.1) is 0 Å². The summed E-state index contributed by atoms with van der Waals surface area (Å²) in [5.74, 6) is 1.07. The third kappa shape index (κ3) is 4.63. The zero-order valence-electron chi connectivity index (χ0n) is 12.4. The van der Waals surface area contributed by atoms with Crippen LogP contribution in [0, 0.1) is 11.8 Å². The van der Waals surface area contributed by atoms with Gasteiger partial charge in [-0.3, -0.25) is 0 Å². The van der Waals surface area contributed by atoms with Gasteiger partial charge in [-0.2, -0.15) is 0 Å². The van der Waals surface area contributed by atoms with Gasteiger partial charge in [0.15, 0.2) is 0 Å². The molecule has 0 bridgehead atoms. The predicted molar refractivity (Wildman–Crippen MR) is 75.9 cm³/mol. The van der Waals surface area contributed by atoms with Crippen LogP contribution < -0.4 is 10.5 Å². The molecule has 0 radical (unpaired) electrons. The average Bonchev–Trinajstić information content (AvgIpc) is 2.35. The van der Waals surface area contributed by atoms with Crippen molar-refractivity contribution >= 4 is 0 Å². The maximum absolute atomic E-state index is 12.1. The summed E-state index contributed by atoms with van der Waals surface area (Å²) in [6.07, 6.45) is -0.941. The highest BCUT2D eigenvalue weighted by molar-refractivity contribution is 5.28. The maximum Gasteiger partial charge on any atom is 0.573 e. The molecule has 0 spiro atoms. The van der Waals surface area contributed by atoms with E-state index in [2.05, 4.69) is 18.6 Å². The lowest BCUT2D eigenvalue weighted by atomic mass is 9.69. The minimum absolute atomic E-state index is 0.192. The van der Waals surface area contributed by atoms with Crippen molar-refractivity contribution in [2.45, 2.75) is 51.4 Å². The van der Waals surface area contributed by atoms with Crippen LogP contribution in [-0.2, 0) is 6.42 Å². The van der Waals surface area contributed by atoms with E-state index in [-0.39, 0.29) is 11.3 Å². The molecule has 2 rings (SSSR count). The normalized spacial score (nSPS) is 30.2. The zero-order valence-corrected chi connectivity index (χ0v) is 12.4. The number of hydrogen-bond acceptors (Lipinski definition) is 2. The van der Waals surface area contributed by atoms with Crippen LogP contribution in [0.2, 0.25) is 0 Å². The molecule has 21 heavy (non-hydrogen) atoms. The van der Waals surface area contributed by atoms with Crippen LogP contribution in [0.15, 0.2) is 24.3 Å². The van der Waals surface area contributed by atoms with Crippen molar-refractivity contribution in [1.82, 2.24) is 0 Å². The van der Waals surface area contributed by atoms with Crippen molar-refractivity contribution in [3.05, 3.63) is 29.8 Å². The first-order valence-corrected chi connectivity index (χ1v) is 7.30. The lowest BCUT2D eigenvalue weighted by Crippen LogP contribution is -2.47. The van der Waals surface area contributed by atoms with Crippen molar-refractivity contribution in [1.29, 1.82) is 0 Å². The van der Waals surface area contributed by atoms with Crippen LogP contribution in [0.1, 0.15) is 38.7 Å². The van der Waals surface area contributed by atoms with E-state index in [9.17, 15) is 13.2 Å². The van der Waals surface area contributed by atoms with Gasteiger partial charge in [0.25, 0.3) is 0 Å². The molecule has 1 aliphatic carbocycles. The van der Waals surface area contributed by atoms with Crippen molar-refractivity contribution in [3.8, 4) is 5.75 Å². The van der Waals surface area contributed by atoms with E-state index in [1.54, 1.807) is 12.1 Å². The average molecular weight is 301 g/mol. The molecule has 1 saturated carbocycles. The molecular formula is C16H22F3NO. The fraction of sp³-hybridized carbons (Fsp3) is 0.625. The highest BCUT2D eigenvalue weighted by atomic mass is 19.4. The first-order chi connectivity index (χ1) is 9.67. The molecule has 1 aliphatic rings. The Morgan fingerprint density at radius 2 is 1.81 bits per heavy atom.